The Bertz CT molecular complexity index is 632. The molecule has 2 aromatic rings. The van der Waals surface area contributed by atoms with Crippen molar-refractivity contribution >= 4 is 23.3 Å². The van der Waals surface area contributed by atoms with Crippen LogP contribution in [-0.4, -0.2) is 22.8 Å². The molecular formula is C13H11F3N2O2S. The molecule has 21 heavy (non-hydrogen) atoms. The highest BCUT2D eigenvalue weighted by Crippen LogP contribution is 2.30. The molecule has 0 aliphatic rings. The van der Waals surface area contributed by atoms with Crippen LogP contribution in [0.3, 0.4) is 0 Å². The molecule has 2 aromatic heterocycles. The number of carbonyl (C=O) groups is 1. The Morgan fingerprint density at radius 3 is 2.86 bits per heavy atom. The van der Waals surface area contributed by atoms with Crippen LogP contribution >= 0.6 is 11.3 Å². The summed E-state index contributed by atoms with van der Waals surface area (Å²) in [6.07, 6.45) is -0.211. The van der Waals surface area contributed by atoms with E-state index in [9.17, 15) is 18.0 Å². The largest absolute Gasteiger partial charge is 0.465 e. The highest BCUT2D eigenvalue weighted by atomic mass is 32.1. The standard InChI is InChI=1S/C13H11F3N2O2S/c1-18(12(19)5-4-9-3-2-6-20-9)7-11-17-10(8-21-11)13(14,15)16/h2-6,8H,7H2,1H3. The lowest BCUT2D eigenvalue weighted by Crippen LogP contribution is -2.24. The van der Waals surface area contributed by atoms with E-state index in [-0.39, 0.29) is 17.5 Å². The molecule has 1 amide bonds. The summed E-state index contributed by atoms with van der Waals surface area (Å²) in [5.41, 5.74) is -0.936. The minimum Gasteiger partial charge on any atom is -0.465 e. The Kier molecular flexibility index (Phi) is 4.46. The molecule has 0 aromatic carbocycles. The molecule has 0 saturated carbocycles. The van der Waals surface area contributed by atoms with Gasteiger partial charge in [-0.2, -0.15) is 13.2 Å². The molecular weight excluding hydrogens is 305 g/mol. The fourth-order valence-electron chi connectivity index (χ4n) is 1.46. The van der Waals surface area contributed by atoms with Crippen molar-refractivity contribution in [3.8, 4) is 0 Å². The van der Waals surface area contributed by atoms with E-state index < -0.39 is 11.9 Å². The van der Waals surface area contributed by atoms with E-state index >= 15 is 0 Å². The Labute approximate surface area is 122 Å². The van der Waals surface area contributed by atoms with Crippen LogP contribution in [0.15, 0.2) is 34.3 Å². The zero-order valence-electron chi connectivity index (χ0n) is 10.9. The molecule has 2 heterocycles. The maximum atomic E-state index is 12.4. The monoisotopic (exact) mass is 316 g/mol. The van der Waals surface area contributed by atoms with Gasteiger partial charge >= 0.3 is 6.18 Å². The third-order valence-electron chi connectivity index (χ3n) is 2.52. The first-order valence-corrected chi connectivity index (χ1v) is 6.72. The van der Waals surface area contributed by atoms with E-state index in [1.165, 1.54) is 30.4 Å². The SMILES string of the molecule is CN(Cc1nc(C(F)(F)F)cs1)C(=O)C=Cc1ccco1. The number of aromatic nitrogens is 1. The molecule has 8 heteroatoms. The van der Waals surface area contributed by atoms with Gasteiger partial charge in [0, 0.05) is 18.5 Å². The van der Waals surface area contributed by atoms with Crippen LogP contribution in [0, 0.1) is 0 Å². The smallest absolute Gasteiger partial charge is 0.434 e. The quantitative estimate of drug-likeness (QED) is 0.812. The van der Waals surface area contributed by atoms with Crippen molar-refractivity contribution < 1.29 is 22.4 Å². The molecule has 0 saturated heterocycles. The summed E-state index contributed by atoms with van der Waals surface area (Å²) in [5, 5.41) is 1.16. The number of nitrogens with zero attached hydrogens (tertiary/aromatic N) is 2. The minimum atomic E-state index is -4.46. The third kappa shape index (κ3) is 4.19. The molecule has 0 aliphatic heterocycles. The van der Waals surface area contributed by atoms with E-state index in [0.717, 1.165) is 16.7 Å². The van der Waals surface area contributed by atoms with Crippen molar-refractivity contribution in [2.24, 2.45) is 0 Å². The Balaban J connectivity index is 1.96. The number of likely N-dealkylation sites (N-methyl/N-ethyl adjacent to an activating group) is 1. The summed E-state index contributed by atoms with van der Waals surface area (Å²) >= 11 is 0.870. The van der Waals surface area contributed by atoms with Crippen LogP contribution in [0.4, 0.5) is 13.2 Å². The molecule has 4 nitrogen and oxygen atoms in total. The first-order chi connectivity index (χ1) is 9.86. The molecule has 0 bridgehead atoms. The number of amides is 1. The van der Waals surface area contributed by atoms with Crippen molar-refractivity contribution in [1.29, 1.82) is 0 Å². The van der Waals surface area contributed by atoms with Gasteiger partial charge in [-0.25, -0.2) is 4.98 Å². The highest BCUT2D eigenvalue weighted by Gasteiger charge is 2.33. The second kappa shape index (κ2) is 6.13. The van der Waals surface area contributed by atoms with Crippen LogP contribution < -0.4 is 0 Å². The minimum absolute atomic E-state index is 0.0159. The molecule has 0 spiro atoms. The highest BCUT2D eigenvalue weighted by molar-refractivity contribution is 7.09. The van der Waals surface area contributed by atoms with Crippen LogP contribution in [0.25, 0.3) is 6.08 Å². The first-order valence-electron chi connectivity index (χ1n) is 5.84. The summed E-state index contributed by atoms with van der Waals surface area (Å²) in [7, 11) is 1.49. The molecule has 0 radical (unpaired) electrons. The maximum absolute atomic E-state index is 12.4. The van der Waals surface area contributed by atoms with Gasteiger partial charge in [0.15, 0.2) is 5.69 Å². The number of halogens is 3. The zero-order chi connectivity index (χ0) is 15.5. The topological polar surface area (TPSA) is 46.3 Å². The van der Waals surface area contributed by atoms with Gasteiger partial charge in [0.25, 0.3) is 0 Å². The molecule has 0 unspecified atom stereocenters. The summed E-state index contributed by atoms with van der Waals surface area (Å²) < 4.78 is 42.3. The summed E-state index contributed by atoms with van der Waals surface area (Å²) in [6.45, 7) is 0.0159. The van der Waals surface area contributed by atoms with E-state index in [2.05, 4.69) is 4.98 Å². The lowest BCUT2D eigenvalue weighted by Gasteiger charge is -2.12. The van der Waals surface area contributed by atoms with Crippen LogP contribution in [0.2, 0.25) is 0 Å². The third-order valence-corrected chi connectivity index (χ3v) is 3.36. The van der Waals surface area contributed by atoms with Gasteiger partial charge < -0.3 is 9.32 Å². The lowest BCUT2D eigenvalue weighted by atomic mass is 10.3. The fourth-order valence-corrected chi connectivity index (χ4v) is 2.31. The van der Waals surface area contributed by atoms with Crippen LogP contribution in [0.1, 0.15) is 16.5 Å². The Hall–Kier alpha value is -2.09. The van der Waals surface area contributed by atoms with Crippen LogP contribution in [-0.2, 0) is 17.5 Å². The second-order valence-electron chi connectivity index (χ2n) is 4.17. The summed E-state index contributed by atoms with van der Waals surface area (Å²) in [4.78, 5) is 16.5. The molecule has 0 atom stereocenters. The van der Waals surface area contributed by atoms with Gasteiger partial charge in [0.05, 0.1) is 12.8 Å². The van der Waals surface area contributed by atoms with Gasteiger partial charge in [0.1, 0.15) is 10.8 Å². The fraction of sp³-hybridized carbons (Fsp3) is 0.231. The van der Waals surface area contributed by atoms with Gasteiger partial charge in [-0.15, -0.1) is 11.3 Å². The summed E-state index contributed by atoms with van der Waals surface area (Å²) in [6, 6.07) is 3.36. The van der Waals surface area contributed by atoms with Gasteiger partial charge in [-0.05, 0) is 18.2 Å². The van der Waals surface area contributed by atoms with E-state index in [1.807, 2.05) is 0 Å². The van der Waals surface area contributed by atoms with Gasteiger partial charge in [0.2, 0.25) is 5.91 Å². The van der Waals surface area contributed by atoms with Crippen molar-refractivity contribution in [2.45, 2.75) is 12.7 Å². The number of carbonyl (C=O) groups excluding carboxylic acids is 1. The number of hydrogen-bond acceptors (Lipinski definition) is 4. The average molecular weight is 316 g/mol. The van der Waals surface area contributed by atoms with Crippen molar-refractivity contribution in [2.75, 3.05) is 7.05 Å². The number of furan rings is 1. The molecule has 0 fully saturated rings. The average Bonchev–Trinajstić information content (AvgIpc) is 3.05. The summed E-state index contributed by atoms with van der Waals surface area (Å²) in [5.74, 6) is 0.167. The van der Waals surface area contributed by atoms with E-state index in [4.69, 9.17) is 4.42 Å². The van der Waals surface area contributed by atoms with E-state index in [0.29, 0.717) is 5.76 Å². The molecule has 112 valence electrons. The number of thiazole rings is 1. The predicted octanol–water partition coefficient (Wildman–Crippen LogP) is 3.43. The van der Waals surface area contributed by atoms with Crippen molar-refractivity contribution in [3.05, 3.63) is 46.3 Å². The van der Waals surface area contributed by atoms with Gasteiger partial charge in [-0.1, -0.05) is 0 Å². The molecule has 0 N–H and O–H groups in total. The van der Waals surface area contributed by atoms with Crippen molar-refractivity contribution in [1.82, 2.24) is 9.88 Å². The molecule has 2 rings (SSSR count). The number of hydrogen-bond donors (Lipinski definition) is 0. The Morgan fingerprint density at radius 2 is 2.29 bits per heavy atom. The van der Waals surface area contributed by atoms with Crippen LogP contribution in [0.5, 0.6) is 0 Å². The number of rotatable bonds is 4. The maximum Gasteiger partial charge on any atom is 0.434 e. The van der Waals surface area contributed by atoms with Crippen molar-refractivity contribution in [3.63, 3.8) is 0 Å². The van der Waals surface area contributed by atoms with Gasteiger partial charge in [-0.3, -0.25) is 4.79 Å². The normalized spacial score (nSPS) is 12.0. The van der Waals surface area contributed by atoms with E-state index in [1.54, 1.807) is 12.1 Å². The zero-order valence-corrected chi connectivity index (χ0v) is 11.7. The second-order valence-corrected chi connectivity index (χ2v) is 5.11. The Morgan fingerprint density at radius 1 is 1.52 bits per heavy atom. The molecule has 0 aliphatic carbocycles. The first kappa shape index (κ1) is 15.3. The number of alkyl halides is 3. The lowest BCUT2D eigenvalue weighted by molar-refractivity contribution is -0.140. The predicted molar refractivity (Wildman–Crippen MR) is 71.3 cm³/mol.